The first-order valence-corrected chi connectivity index (χ1v) is 9.58. The average Bonchev–Trinajstić information content (AvgIpc) is 3.01. The number of thioether (sulfide) groups is 1. The van der Waals surface area contributed by atoms with Crippen LogP contribution in [0.2, 0.25) is 5.02 Å². The van der Waals surface area contributed by atoms with Gasteiger partial charge < -0.3 is 10.6 Å². The molecule has 0 bridgehead atoms. The maximum atomic E-state index is 13.6. The van der Waals surface area contributed by atoms with E-state index in [0.29, 0.717) is 15.9 Å². The molecule has 144 valence electrons. The Morgan fingerprint density at radius 3 is 2.68 bits per heavy atom. The van der Waals surface area contributed by atoms with Gasteiger partial charge in [0.05, 0.1) is 11.4 Å². The number of amidine groups is 1. The largest absolute Gasteiger partial charge is 0.324 e. The lowest BCUT2D eigenvalue weighted by atomic mass is 10.1. The van der Waals surface area contributed by atoms with E-state index < -0.39 is 17.0 Å². The van der Waals surface area contributed by atoms with Crippen LogP contribution in [0, 0.1) is 5.82 Å². The summed E-state index contributed by atoms with van der Waals surface area (Å²) in [7, 11) is 0. The SMILES string of the molecule is C/C(=N\N=C1/NC(=O)C(CC(=O)Nc2ccccc2F)S1)c1ccc(Cl)cc1. The van der Waals surface area contributed by atoms with Crippen molar-refractivity contribution in [3.8, 4) is 0 Å². The van der Waals surface area contributed by atoms with E-state index in [9.17, 15) is 14.0 Å². The lowest BCUT2D eigenvalue weighted by Crippen LogP contribution is -2.28. The standard InChI is InChI=1S/C19H16ClFN4O2S/c1-11(12-6-8-13(20)9-7-12)24-25-19-23-18(27)16(28-19)10-17(26)22-15-5-3-2-4-14(15)21/h2-9,16H,10H2,1H3,(H,22,26)(H,23,25,27)/b24-11+. The van der Waals surface area contributed by atoms with E-state index in [-0.39, 0.29) is 18.0 Å². The van der Waals surface area contributed by atoms with Gasteiger partial charge in [-0.3, -0.25) is 9.59 Å². The van der Waals surface area contributed by atoms with Crippen LogP contribution in [0.3, 0.4) is 0 Å². The number of hydrogen-bond acceptors (Lipinski definition) is 5. The first-order chi connectivity index (χ1) is 13.4. The van der Waals surface area contributed by atoms with Crippen molar-refractivity contribution in [3.63, 3.8) is 0 Å². The van der Waals surface area contributed by atoms with E-state index in [1.807, 2.05) is 12.1 Å². The number of halogens is 2. The summed E-state index contributed by atoms with van der Waals surface area (Å²) in [6, 6.07) is 13.0. The molecule has 1 heterocycles. The summed E-state index contributed by atoms with van der Waals surface area (Å²) < 4.78 is 13.6. The molecule has 1 atom stereocenters. The summed E-state index contributed by atoms with van der Waals surface area (Å²) in [6.45, 7) is 1.79. The van der Waals surface area contributed by atoms with Crippen molar-refractivity contribution in [2.75, 3.05) is 5.32 Å². The van der Waals surface area contributed by atoms with Gasteiger partial charge in [-0.05, 0) is 36.8 Å². The van der Waals surface area contributed by atoms with E-state index in [2.05, 4.69) is 20.8 Å². The van der Waals surface area contributed by atoms with E-state index in [1.165, 1.54) is 18.2 Å². The first-order valence-electron chi connectivity index (χ1n) is 8.32. The zero-order valence-electron chi connectivity index (χ0n) is 14.8. The molecule has 2 aromatic carbocycles. The molecule has 2 amide bonds. The van der Waals surface area contributed by atoms with Crippen LogP contribution in [0.15, 0.2) is 58.7 Å². The van der Waals surface area contributed by atoms with Crippen molar-refractivity contribution in [2.45, 2.75) is 18.6 Å². The number of rotatable bonds is 5. The molecule has 0 aromatic heterocycles. The van der Waals surface area contributed by atoms with Gasteiger partial charge in [0, 0.05) is 11.4 Å². The minimum Gasteiger partial charge on any atom is -0.324 e. The molecule has 28 heavy (non-hydrogen) atoms. The molecule has 3 rings (SSSR count). The van der Waals surface area contributed by atoms with E-state index in [0.717, 1.165) is 17.3 Å². The van der Waals surface area contributed by atoms with Crippen LogP contribution in [0.25, 0.3) is 0 Å². The van der Waals surface area contributed by atoms with Crippen LogP contribution in [0.4, 0.5) is 10.1 Å². The van der Waals surface area contributed by atoms with Crippen LogP contribution in [0.1, 0.15) is 18.9 Å². The monoisotopic (exact) mass is 418 g/mol. The molecule has 1 saturated heterocycles. The topological polar surface area (TPSA) is 82.9 Å². The summed E-state index contributed by atoms with van der Waals surface area (Å²) in [6.07, 6.45) is -0.107. The second kappa shape index (κ2) is 8.99. The molecule has 0 spiro atoms. The summed E-state index contributed by atoms with van der Waals surface area (Å²) in [5.74, 6) is -1.33. The molecule has 1 fully saturated rings. The fourth-order valence-corrected chi connectivity index (χ4v) is 3.43. The maximum Gasteiger partial charge on any atom is 0.240 e. The lowest BCUT2D eigenvalue weighted by molar-refractivity contribution is -0.122. The Bertz CT molecular complexity index is 963. The molecule has 0 aliphatic carbocycles. The summed E-state index contributed by atoms with van der Waals surface area (Å²) in [4.78, 5) is 24.2. The van der Waals surface area contributed by atoms with Crippen LogP contribution >= 0.6 is 23.4 Å². The number of carbonyl (C=O) groups excluding carboxylic acids is 2. The molecule has 0 radical (unpaired) electrons. The second-order valence-electron chi connectivity index (χ2n) is 5.93. The Morgan fingerprint density at radius 2 is 1.96 bits per heavy atom. The molecule has 0 saturated carbocycles. The third-order valence-corrected chi connectivity index (χ3v) is 5.17. The predicted molar refractivity (Wildman–Crippen MR) is 110 cm³/mol. The Labute approximate surface area is 170 Å². The Kier molecular flexibility index (Phi) is 6.43. The highest BCUT2D eigenvalue weighted by atomic mass is 35.5. The number of amides is 2. The zero-order chi connectivity index (χ0) is 20.1. The highest BCUT2D eigenvalue weighted by Crippen LogP contribution is 2.23. The smallest absolute Gasteiger partial charge is 0.240 e. The average molecular weight is 419 g/mol. The van der Waals surface area contributed by atoms with Gasteiger partial charge in [0.15, 0.2) is 5.17 Å². The van der Waals surface area contributed by atoms with Crippen molar-refractivity contribution < 1.29 is 14.0 Å². The van der Waals surface area contributed by atoms with E-state index in [1.54, 1.807) is 25.1 Å². The van der Waals surface area contributed by atoms with Crippen LogP contribution in [-0.2, 0) is 9.59 Å². The number of anilines is 1. The molecule has 2 aromatic rings. The second-order valence-corrected chi connectivity index (χ2v) is 7.55. The highest BCUT2D eigenvalue weighted by Gasteiger charge is 2.32. The first kappa shape index (κ1) is 20.0. The van der Waals surface area contributed by atoms with Crippen LogP contribution in [-0.4, -0.2) is 27.9 Å². The summed E-state index contributed by atoms with van der Waals surface area (Å²) >= 11 is 6.97. The Morgan fingerprint density at radius 1 is 1.25 bits per heavy atom. The normalized spacial score (nSPS) is 18.2. The number of hydrogen-bond donors (Lipinski definition) is 2. The van der Waals surface area contributed by atoms with Gasteiger partial charge in [0.1, 0.15) is 11.1 Å². The van der Waals surface area contributed by atoms with Crippen LogP contribution in [0.5, 0.6) is 0 Å². The van der Waals surface area contributed by atoms with Gasteiger partial charge in [0.2, 0.25) is 11.8 Å². The fourth-order valence-electron chi connectivity index (χ4n) is 2.39. The number of benzene rings is 2. The molecular formula is C19H16ClFN4O2S. The van der Waals surface area contributed by atoms with Crippen LogP contribution < -0.4 is 10.6 Å². The number of para-hydroxylation sites is 1. The van der Waals surface area contributed by atoms with Gasteiger partial charge in [-0.2, -0.15) is 5.10 Å². The van der Waals surface area contributed by atoms with Crippen molar-refractivity contribution in [2.24, 2.45) is 10.2 Å². The molecule has 9 heteroatoms. The highest BCUT2D eigenvalue weighted by molar-refractivity contribution is 8.15. The summed E-state index contributed by atoms with van der Waals surface area (Å²) in [5, 5.41) is 13.5. The Hall–Kier alpha value is -2.71. The zero-order valence-corrected chi connectivity index (χ0v) is 16.4. The van der Waals surface area contributed by atoms with Gasteiger partial charge in [-0.15, -0.1) is 5.10 Å². The van der Waals surface area contributed by atoms with Crippen molar-refractivity contribution in [3.05, 3.63) is 64.9 Å². The third-order valence-electron chi connectivity index (χ3n) is 3.85. The third kappa shape index (κ3) is 5.17. The molecule has 2 N–H and O–H groups in total. The molecule has 1 unspecified atom stereocenters. The van der Waals surface area contributed by atoms with Gasteiger partial charge >= 0.3 is 0 Å². The minimum absolute atomic E-state index is 0.0768. The molecular weight excluding hydrogens is 403 g/mol. The number of nitrogens with zero attached hydrogens (tertiary/aromatic N) is 2. The molecule has 1 aliphatic heterocycles. The lowest BCUT2D eigenvalue weighted by Gasteiger charge is -2.07. The van der Waals surface area contributed by atoms with Crippen molar-refractivity contribution >= 4 is 51.7 Å². The Balaban J connectivity index is 1.60. The maximum absolute atomic E-state index is 13.6. The molecule has 1 aliphatic rings. The summed E-state index contributed by atoms with van der Waals surface area (Å²) in [5.41, 5.74) is 1.58. The minimum atomic E-state index is -0.656. The number of nitrogens with one attached hydrogen (secondary N) is 2. The quantitative estimate of drug-likeness (QED) is 0.572. The van der Waals surface area contributed by atoms with E-state index >= 15 is 0 Å². The predicted octanol–water partition coefficient (Wildman–Crippen LogP) is 3.82. The molecule has 6 nitrogen and oxygen atoms in total. The van der Waals surface area contributed by atoms with E-state index in [4.69, 9.17) is 11.6 Å². The van der Waals surface area contributed by atoms with Gasteiger partial charge in [-0.25, -0.2) is 4.39 Å². The van der Waals surface area contributed by atoms with Crippen molar-refractivity contribution in [1.29, 1.82) is 0 Å². The fraction of sp³-hybridized carbons (Fsp3) is 0.158. The van der Waals surface area contributed by atoms with Gasteiger partial charge in [-0.1, -0.05) is 47.6 Å². The van der Waals surface area contributed by atoms with Crippen molar-refractivity contribution in [1.82, 2.24) is 5.32 Å². The van der Waals surface area contributed by atoms with Gasteiger partial charge in [0.25, 0.3) is 0 Å². The number of carbonyl (C=O) groups is 2.